The number of hydrogen-bond donors (Lipinski definition) is 1. The first-order valence-corrected chi connectivity index (χ1v) is 6.09. The average molecular weight is 254 g/mol. The normalized spacial score (nSPS) is 9.89. The van der Waals surface area contributed by atoms with Crippen molar-refractivity contribution in [2.45, 2.75) is 19.9 Å². The highest BCUT2D eigenvalue weighted by molar-refractivity contribution is 5.91. The van der Waals surface area contributed by atoms with Crippen molar-refractivity contribution >= 4 is 5.91 Å². The Labute approximate surface area is 111 Å². The van der Waals surface area contributed by atoms with Crippen molar-refractivity contribution in [3.63, 3.8) is 0 Å². The lowest BCUT2D eigenvalue weighted by Gasteiger charge is -2.03. The maximum atomic E-state index is 11.8. The molecule has 0 aliphatic rings. The smallest absolute Gasteiger partial charge is 0.287 e. The van der Waals surface area contributed by atoms with Crippen LogP contribution in [0.1, 0.15) is 34.4 Å². The van der Waals surface area contributed by atoms with Gasteiger partial charge in [0.25, 0.3) is 5.91 Å². The van der Waals surface area contributed by atoms with Crippen LogP contribution in [0.15, 0.2) is 40.8 Å². The van der Waals surface area contributed by atoms with Gasteiger partial charge in [-0.3, -0.25) is 4.79 Å². The lowest BCUT2D eigenvalue weighted by Crippen LogP contribution is -2.22. The van der Waals surface area contributed by atoms with E-state index in [1.54, 1.807) is 24.3 Å². The predicted molar refractivity (Wildman–Crippen MR) is 70.4 cm³/mol. The summed E-state index contributed by atoms with van der Waals surface area (Å²) in [5.74, 6) is 0.887. The van der Waals surface area contributed by atoms with Crippen molar-refractivity contribution < 1.29 is 9.21 Å². The number of furan rings is 1. The molecule has 0 spiro atoms. The first-order chi connectivity index (χ1) is 9.22. The number of carbonyl (C=O) groups excluding carboxylic acids is 1. The van der Waals surface area contributed by atoms with E-state index in [9.17, 15) is 4.79 Å². The Balaban J connectivity index is 1.94. The van der Waals surface area contributed by atoms with E-state index in [1.807, 2.05) is 19.1 Å². The molecule has 2 rings (SSSR count). The number of nitriles is 1. The molecule has 96 valence electrons. The average Bonchev–Trinajstić information content (AvgIpc) is 2.94. The van der Waals surface area contributed by atoms with Gasteiger partial charge in [-0.05, 0) is 29.8 Å². The van der Waals surface area contributed by atoms with Crippen molar-refractivity contribution in [1.29, 1.82) is 5.26 Å². The Hall–Kier alpha value is -2.54. The molecule has 0 saturated heterocycles. The Morgan fingerprint density at radius 1 is 1.26 bits per heavy atom. The topological polar surface area (TPSA) is 66.0 Å². The molecular formula is C15H14N2O2. The summed E-state index contributed by atoms with van der Waals surface area (Å²) in [6.45, 7) is 2.38. The highest BCUT2D eigenvalue weighted by atomic mass is 16.3. The molecule has 19 heavy (non-hydrogen) atoms. The van der Waals surface area contributed by atoms with Crippen LogP contribution < -0.4 is 5.32 Å². The van der Waals surface area contributed by atoms with Gasteiger partial charge in [0, 0.05) is 13.0 Å². The second-order valence-electron chi connectivity index (χ2n) is 4.11. The molecule has 0 fully saturated rings. The number of aryl methyl sites for hydroxylation is 1. The summed E-state index contributed by atoms with van der Waals surface area (Å²) >= 11 is 0. The fourth-order valence-electron chi connectivity index (χ4n) is 1.66. The Morgan fingerprint density at radius 3 is 2.58 bits per heavy atom. The number of benzene rings is 1. The van der Waals surface area contributed by atoms with Crippen LogP contribution in [-0.2, 0) is 13.0 Å². The van der Waals surface area contributed by atoms with E-state index in [2.05, 4.69) is 11.4 Å². The molecule has 0 bridgehead atoms. The molecule has 2 aromatic rings. The van der Waals surface area contributed by atoms with Crippen molar-refractivity contribution in [1.82, 2.24) is 5.32 Å². The van der Waals surface area contributed by atoms with E-state index in [0.717, 1.165) is 17.7 Å². The van der Waals surface area contributed by atoms with Gasteiger partial charge in [0.2, 0.25) is 0 Å². The molecule has 1 heterocycles. The van der Waals surface area contributed by atoms with Gasteiger partial charge in [-0.2, -0.15) is 5.26 Å². The van der Waals surface area contributed by atoms with Crippen molar-refractivity contribution in [3.05, 3.63) is 59.0 Å². The number of carbonyl (C=O) groups is 1. The lowest BCUT2D eigenvalue weighted by atomic mass is 10.1. The first kappa shape index (κ1) is 12.9. The van der Waals surface area contributed by atoms with Gasteiger partial charge < -0.3 is 9.73 Å². The van der Waals surface area contributed by atoms with E-state index in [-0.39, 0.29) is 5.91 Å². The van der Waals surface area contributed by atoms with Crippen LogP contribution in [0.5, 0.6) is 0 Å². The van der Waals surface area contributed by atoms with Crippen molar-refractivity contribution in [2.75, 3.05) is 0 Å². The largest absolute Gasteiger partial charge is 0.456 e. The SMILES string of the molecule is CCc1ccc(C(=O)NCc2ccc(C#N)cc2)o1. The van der Waals surface area contributed by atoms with E-state index in [1.165, 1.54) is 0 Å². The van der Waals surface area contributed by atoms with Gasteiger partial charge in [0.05, 0.1) is 11.6 Å². The zero-order valence-electron chi connectivity index (χ0n) is 10.6. The third-order valence-corrected chi connectivity index (χ3v) is 2.77. The number of nitrogens with zero attached hydrogens (tertiary/aromatic N) is 1. The maximum Gasteiger partial charge on any atom is 0.287 e. The number of amides is 1. The van der Waals surface area contributed by atoms with Crippen LogP contribution >= 0.6 is 0 Å². The molecule has 0 unspecified atom stereocenters. The third kappa shape index (κ3) is 3.23. The van der Waals surface area contributed by atoms with Crippen molar-refractivity contribution in [3.8, 4) is 6.07 Å². The minimum atomic E-state index is -0.232. The summed E-state index contributed by atoms with van der Waals surface area (Å²) in [5, 5.41) is 11.5. The van der Waals surface area contributed by atoms with Gasteiger partial charge in [-0.1, -0.05) is 19.1 Å². The number of nitrogens with one attached hydrogen (secondary N) is 1. The predicted octanol–water partition coefficient (Wildman–Crippen LogP) is 2.64. The Kier molecular flexibility index (Phi) is 3.99. The standard InChI is InChI=1S/C15H14N2O2/c1-2-13-7-8-14(19-13)15(18)17-10-12-5-3-11(9-16)4-6-12/h3-8H,2,10H2,1H3,(H,17,18). The molecule has 4 nitrogen and oxygen atoms in total. The van der Waals surface area contributed by atoms with Gasteiger partial charge in [-0.15, -0.1) is 0 Å². The molecule has 0 radical (unpaired) electrons. The summed E-state index contributed by atoms with van der Waals surface area (Å²) in [5.41, 5.74) is 1.54. The zero-order valence-corrected chi connectivity index (χ0v) is 10.6. The second-order valence-corrected chi connectivity index (χ2v) is 4.11. The van der Waals surface area contributed by atoms with Gasteiger partial charge in [0.15, 0.2) is 5.76 Å². The summed E-state index contributed by atoms with van der Waals surface area (Å²) in [7, 11) is 0. The minimum Gasteiger partial charge on any atom is -0.456 e. The fourth-order valence-corrected chi connectivity index (χ4v) is 1.66. The molecule has 1 amide bonds. The van der Waals surface area contributed by atoms with Crippen LogP contribution in [0, 0.1) is 11.3 Å². The summed E-state index contributed by atoms with van der Waals surface area (Å²) in [4.78, 5) is 11.8. The van der Waals surface area contributed by atoms with Crippen LogP contribution in [-0.4, -0.2) is 5.91 Å². The van der Waals surface area contributed by atoms with Crippen LogP contribution in [0.25, 0.3) is 0 Å². The molecule has 1 N–H and O–H groups in total. The van der Waals surface area contributed by atoms with Crippen LogP contribution in [0.3, 0.4) is 0 Å². The Bertz CT molecular complexity index is 606. The highest BCUT2D eigenvalue weighted by Gasteiger charge is 2.09. The Morgan fingerprint density at radius 2 is 2.00 bits per heavy atom. The van der Waals surface area contributed by atoms with Gasteiger partial charge in [-0.25, -0.2) is 0 Å². The van der Waals surface area contributed by atoms with Crippen molar-refractivity contribution in [2.24, 2.45) is 0 Å². The number of rotatable bonds is 4. The summed E-state index contributed by atoms with van der Waals surface area (Å²) in [6, 6.07) is 12.6. The summed E-state index contributed by atoms with van der Waals surface area (Å²) in [6.07, 6.45) is 0.767. The lowest BCUT2D eigenvalue weighted by molar-refractivity contribution is 0.0921. The highest BCUT2D eigenvalue weighted by Crippen LogP contribution is 2.09. The van der Waals surface area contributed by atoms with Gasteiger partial charge in [0.1, 0.15) is 5.76 Å². The van der Waals surface area contributed by atoms with E-state index in [4.69, 9.17) is 9.68 Å². The van der Waals surface area contributed by atoms with Crippen LogP contribution in [0.4, 0.5) is 0 Å². The molecule has 4 heteroatoms. The molecular weight excluding hydrogens is 240 g/mol. The minimum absolute atomic E-state index is 0.232. The number of hydrogen-bond acceptors (Lipinski definition) is 3. The quantitative estimate of drug-likeness (QED) is 0.912. The monoisotopic (exact) mass is 254 g/mol. The van der Waals surface area contributed by atoms with Gasteiger partial charge >= 0.3 is 0 Å². The molecule has 0 saturated carbocycles. The first-order valence-electron chi connectivity index (χ1n) is 6.09. The molecule has 0 aliphatic heterocycles. The molecule has 0 aliphatic carbocycles. The summed E-state index contributed by atoms with van der Waals surface area (Å²) < 4.78 is 5.36. The molecule has 1 aromatic carbocycles. The third-order valence-electron chi connectivity index (χ3n) is 2.77. The van der Waals surface area contributed by atoms with E-state index >= 15 is 0 Å². The fraction of sp³-hybridized carbons (Fsp3) is 0.200. The van der Waals surface area contributed by atoms with E-state index in [0.29, 0.717) is 17.9 Å². The second kappa shape index (κ2) is 5.87. The van der Waals surface area contributed by atoms with Crippen LogP contribution in [0.2, 0.25) is 0 Å². The zero-order chi connectivity index (χ0) is 13.7. The molecule has 0 atom stereocenters. The maximum absolute atomic E-state index is 11.8. The molecule has 1 aromatic heterocycles. The van der Waals surface area contributed by atoms with E-state index < -0.39 is 0 Å².